The van der Waals surface area contributed by atoms with E-state index in [-0.39, 0.29) is 0 Å². The zero-order chi connectivity index (χ0) is 15.9. The van der Waals surface area contributed by atoms with E-state index in [1.807, 2.05) is 12.1 Å². The Balaban J connectivity index is 2.16. The first-order valence-corrected chi connectivity index (χ1v) is 7.90. The Morgan fingerprint density at radius 2 is 2.09 bits per heavy atom. The number of aryl methyl sites for hydroxylation is 1. The van der Waals surface area contributed by atoms with Crippen molar-refractivity contribution < 1.29 is 9.47 Å². The van der Waals surface area contributed by atoms with Crippen LogP contribution < -0.4 is 14.8 Å². The number of benzene rings is 1. The highest BCUT2D eigenvalue weighted by molar-refractivity contribution is 9.10. The van der Waals surface area contributed by atoms with Gasteiger partial charge in [-0.15, -0.1) is 0 Å². The van der Waals surface area contributed by atoms with Gasteiger partial charge in [-0.1, -0.05) is 34.4 Å². The summed E-state index contributed by atoms with van der Waals surface area (Å²) < 4.78 is 13.5. The molecule has 0 amide bonds. The molecule has 0 saturated heterocycles. The van der Waals surface area contributed by atoms with Gasteiger partial charge in [-0.05, 0) is 29.0 Å². The Morgan fingerprint density at radius 1 is 1.27 bits per heavy atom. The molecule has 0 aliphatic heterocycles. The molecule has 0 spiro atoms. The van der Waals surface area contributed by atoms with E-state index in [9.17, 15) is 0 Å². The number of nitrogens with zero attached hydrogens (tertiary/aromatic N) is 4. The second kappa shape index (κ2) is 7.98. The maximum atomic E-state index is 5.46. The van der Waals surface area contributed by atoms with Gasteiger partial charge < -0.3 is 14.8 Å². The number of unbranched alkanes of at least 4 members (excludes halogenated alkanes) is 1. The highest BCUT2D eigenvalue weighted by atomic mass is 79.9. The van der Waals surface area contributed by atoms with Gasteiger partial charge >= 0.3 is 0 Å². The lowest BCUT2D eigenvalue weighted by Gasteiger charge is -2.15. The van der Waals surface area contributed by atoms with Gasteiger partial charge in [0.2, 0.25) is 5.95 Å². The SMILES string of the molecule is CCCCn1nnnc1NCc1c(Br)ccc(OC)c1OC. The molecule has 120 valence electrons. The molecule has 0 radical (unpaired) electrons. The van der Waals surface area contributed by atoms with Crippen LogP contribution in [-0.2, 0) is 13.1 Å². The summed E-state index contributed by atoms with van der Waals surface area (Å²) in [6.45, 7) is 3.45. The molecule has 0 unspecified atom stereocenters. The Morgan fingerprint density at radius 3 is 2.77 bits per heavy atom. The monoisotopic (exact) mass is 369 g/mol. The molecule has 1 heterocycles. The number of hydrogen-bond donors (Lipinski definition) is 1. The number of aromatic nitrogens is 4. The minimum absolute atomic E-state index is 0.521. The fourth-order valence-electron chi connectivity index (χ4n) is 2.09. The zero-order valence-electron chi connectivity index (χ0n) is 13.0. The summed E-state index contributed by atoms with van der Waals surface area (Å²) >= 11 is 3.54. The average Bonchev–Trinajstić information content (AvgIpc) is 2.98. The fourth-order valence-corrected chi connectivity index (χ4v) is 2.54. The topological polar surface area (TPSA) is 74.1 Å². The molecular formula is C14H20BrN5O2. The third-order valence-corrected chi connectivity index (χ3v) is 4.01. The molecule has 22 heavy (non-hydrogen) atoms. The molecule has 0 fully saturated rings. The Labute approximate surface area is 138 Å². The maximum Gasteiger partial charge on any atom is 0.243 e. The number of rotatable bonds is 8. The summed E-state index contributed by atoms with van der Waals surface area (Å²) in [7, 11) is 3.24. The summed E-state index contributed by atoms with van der Waals surface area (Å²) in [5, 5.41) is 15.0. The molecule has 1 aromatic carbocycles. The van der Waals surface area contributed by atoms with Crippen molar-refractivity contribution in [1.82, 2.24) is 20.2 Å². The lowest BCUT2D eigenvalue weighted by Crippen LogP contribution is -2.10. The summed E-state index contributed by atoms with van der Waals surface area (Å²) in [5.41, 5.74) is 0.951. The van der Waals surface area contributed by atoms with Gasteiger partial charge in [-0.2, -0.15) is 0 Å². The molecule has 0 atom stereocenters. The van der Waals surface area contributed by atoms with Crippen molar-refractivity contribution in [3.8, 4) is 11.5 Å². The lowest BCUT2D eigenvalue weighted by molar-refractivity contribution is 0.351. The van der Waals surface area contributed by atoms with Crippen molar-refractivity contribution in [2.45, 2.75) is 32.9 Å². The molecule has 0 aliphatic carbocycles. The summed E-state index contributed by atoms with van der Waals surface area (Å²) in [5.74, 6) is 2.02. The highest BCUT2D eigenvalue weighted by Crippen LogP contribution is 2.36. The molecule has 0 bridgehead atoms. The van der Waals surface area contributed by atoms with E-state index in [4.69, 9.17) is 9.47 Å². The van der Waals surface area contributed by atoms with Gasteiger partial charge in [0.25, 0.3) is 0 Å². The van der Waals surface area contributed by atoms with Crippen molar-refractivity contribution in [1.29, 1.82) is 0 Å². The number of tetrazole rings is 1. The first kappa shape index (κ1) is 16.5. The van der Waals surface area contributed by atoms with E-state index in [0.29, 0.717) is 24.0 Å². The van der Waals surface area contributed by atoms with Crippen LogP contribution in [0, 0.1) is 0 Å². The summed E-state index contributed by atoms with van der Waals surface area (Å²) in [6, 6.07) is 3.79. The summed E-state index contributed by atoms with van der Waals surface area (Å²) in [6.07, 6.45) is 2.13. The number of anilines is 1. The predicted molar refractivity (Wildman–Crippen MR) is 87.3 cm³/mol. The fraction of sp³-hybridized carbons (Fsp3) is 0.500. The van der Waals surface area contributed by atoms with E-state index in [2.05, 4.69) is 43.7 Å². The smallest absolute Gasteiger partial charge is 0.243 e. The largest absolute Gasteiger partial charge is 0.493 e. The van der Waals surface area contributed by atoms with E-state index >= 15 is 0 Å². The maximum absolute atomic E-state index is 5.46. The second-order valence-corrected chi connectivity index (χ2v) is 5.55. The molecule has 2 aromatic rings. The van der Waals surface area contributed by atoms with Crippen LogP contribution in [0.4, 0.5) is 5.95 Å². The van der Waals surface area contributed by atoms with E-state index in [1.165, 1.54) is 0 Å². The number of ether oxygens (including phenoxy) is 2. The van der Waals surface area contributed by atoms with Gasteiger partial charge in [0, 0.05) is 23.1 Å². The van der Waals surface area contributed by atoms with Crippen LogP contribution in [-0.4, -0.2) is 34.4 Å². The quantitative estimate of drug-likeness (QED) is 0.770. The van der Waals surface area contributed by atoms with Crippen LogP contribution in [0.3, 0.4) is 0 Å². The molecule has 0 aliphatic rings. The number of nitrogens with one attached hydrogen (secondary N) is 1. The minimum Gasteiger partial charge on any atom is -0.493 e. The van der Waals surface area contributed by atoms with Crippen LogP contribution >= 0.6 is 15.9 Å². The van der Waals surface area contributed by atoms with Gasteiger partial charge in [0.1, 0.15) is 0 Å². The van der Waals surface area contributed by atoms with Crippen molar-refractivity contribution in [3.05, 3.63) is 22.2 Å². The van der Waals surface area contributed by atoms with Crippen LogP contribution in [0.15, 0.2) is 16.6 Å². The number of halogens is 1. The van der Waals surface area contributed by atoms with Crippen molar-refractivity contribution >= 4 is 21.9 Å². The third kappa shape index (κ3) is 3.68. The van der Waals surface area contributed by atoms with Crippen LogP contribution in [0.5, 0.6) is 11.5 Å². The normalized spacial score (nSPS) is 10.5. The first-order chi connectivity index (χ1) is 10.7. The van der Waals surface area contributed by atoms with E-state index in [0.717, 1.165) is 29.4 Å². The van der Waals surface area contributed by atoms with Gasteiger partial charge in [0.15, 0.2) is 11.5 Å². The lowest BCUT2D eigenvalue weighted by atomic mass is 10.2. The zero-order valence-corrected chi connectivity index (χ0v) is 14.6. The first-order valence-electron chi connectivity index (χ1n) is 7.10. The van der Waals surface area contributed by atoms with Gasteiger partial charge in [-0.25, -0.2) is 4.68 Å². The van der Waals surface area contributed by atoms with Crippen molar-refractivity contribution in [3.63, 3.8) is 0 Å². The number of methoxy groups -OCH3 is 2. The third-order valence-electron chi connectivity index (χ3n) is 3.27. The average molecular weight is 370 g/mol. The molecule has 1 N–H and O–H groups in total. The van der Waals surface area contributed by atoms with Crippen LogP contribution in [0.1, 0.15) is 25.3 Å². The van der Waals surface area contributed by atoms with Crippen molar-refractivity contribution in [2.24, 2.45) is 0 Å². The van der Waals surface area contributed by atoms with E-state index < -0.39 is 0 Å². The molecule has 1 aromatic heterocycles. The van der Waals surface area contributed by atoms with Crippen LogP contribution in [0.2, 0.25) is 0 Å². The predicted octanol–water partition coefficient (Wildman–Crippen LogP) is 2.87. The summed E-state index contributed by atoms with van der Waals surface area (Å²) in [4.78, 5) is 0. The second-order valence-electron chi connectivity index (χ2n) is 4.69. The van der Waals surface area contributed by atoms with Gasteiger partial charge in [-0.3, -0.25) is 0 Å². The Hall–Kier alpha value is -1.83. The standard InChI is InChI=1S/C14H20BrN5O2/c1-4-5-8-20-14(17-18-19-20)16-9-10-11(15)6-7-12(21-2)13(10)22-3/h6-7H,4-5,8-9H2,1-3H3,(H,16,17,19). The van der Waals surface area contributed by atoms with Gasteiger partial charge in [0.05, 0.1) is 14.2 Å². The molecular weight excluding hydrogens is 350 g/mol. The molecule has 2 rings (SSSR count). The van der Waals surface area contributed by atoms with E-state index in [1.54, 1.807) is 18.9 Å². The highest BCUT2D eigenvalue weighted by Gasteiger charge is 2.14. The number of hydrogen-bond acceptors (Lipinski definition) is 6. The van der Waals surface area contributed by atoms with Crippen molar-refractivity contribution in [2.75, 3.05) is 19.5 Å². The molecule has 8 heteroatoms. The Bertz CT molecular complexity index is 617. The van der Waals surface area contributed by atoms with Crippen LogP contribution in [0.25, 0.3) is 0 Å². The Kier molecular flexibility index (Phi) is 6.00. The minimum atomic E-state index is 0.521. The molecule has 0 saturated carbocycles. The molecule has 7 nitrogen and oxygen atoms in total.